The summed E-state index contributed by atoms with van der Waals surface area (Å²) in [5.41, 5.74) is 4.91. The van der Waals surface area contributed by atoms with Gasteiger partial charge < -0.3 is 0 Å². The fraction of sp³-hybridized carbons (Fsp3) is 0.250. The fourth-order valence-corrected chi connectivity index (χ4v) is 6.61. The molecule has 3 aromatic rings. The zero-order chi connectivity index (χ0) is 15.9. The van der Waals surface area contributed by atoms with Gasteiger partial charge in [-0.2, -0.15) is 0 Å². The molecule has 1 aromatic heterocycles. The molecule has 0 atom stereocenters. The summed E-state index contributed by atoms with van der Waals surface area (Å²) in [6, 6.07) is 15.6. The van der Waals surface area contributed by atoms with Crippen molar-refractivity contribution in [2.45, 2.75) is 31.1 Å². The van der Waals surface area contributed by atoms with Crippen LogP contribution in [0, 0.1) is 13.8 Å². The average Bonchev–Trinajstić information content (AvgIpc) is 2.44. The summed E-state index contributed by atoms with van der Waals surface area (Å²) >= 11 is -1.90. The van der Waals surface area contributed by atoms with Gasteiger partial charge in [0.25, 0.3) is 0 Å². The minimum absolute atomic E-state index is 1.11. The molecule has 3 rings (SSSR count). The molecule has 2 aromatic carbocycles. The molecule has 0 spiro atoms. The summed E-state index contributed by atoms with van der Waals surface area (Å²) < 4.78 is 1.56. The molecule has 1 nitrogen and oxygen atoms in total. The van der Waals surface area contributed by atoms with E-state index in [-0.39, 0.29) is 0 Å². The van der Waals surface area contributed by atoms with E-state index in [0.29, 0.717) is 0 Å². The molecule has 1 heterocycles. The van der Waals surface area contributed by atoms with Crippen molar-refractivity contribution in [3.05, 3.63) is 59.8 Å². The molecule has 0 unspecified atom stereocenters. The van der Waals surface area contributed by atoms with Crippen molar-refractivity contribution in [3.63, 3.8) is 0 Å². The Morgan fingerprint density at radius 2 is 1.50 bits per heavy atom. The number of hydrogen-bond donors (Lipinski definition) is 0. The minimum atomic E-state index is -1.90. The van der Waals surface area contributed by atoms with E-state index in [2.05, 4.69) is 73.6 Å². The topological polar surface area (TPSA) is 12.9 Å². The van der Waals surface area contributed by atoms with Crippen LogP contribution in [-0.4, -0.2) is 18.3 Å². The van der Waals surface area contributed by atoms with E-state index in [1.54, 1.807) is 4.40 Å². The molecular weight excluding hydrogens is 327 g/mol. The van der Waals surface area contributed by atoms with E-state index in [0.717, 1.165) is 5.69 Å². The molecule has 0 aliphatic carbocycles. The van der Waals surface area contributed by atoms with Crippen LogP contribution in [0.15, 0.2) is 48.7 Å². The van der Waals surface area contributed by atoms with Gasteiger partial charge in [-0.25, -0.2) is 0 Å². The molecule has 0 fully saturated rings. The third-order valence-electron chi connectivity index (χ3n) is 4.11. The van der Waals surface area contributed by atoms with Gasteiger partial charge in [0.15, 0.2) is 0 Å². The van der Waals surface area contributed by atoms with Crippen LogP contribution in [0.5, 0.6) is 0 Å². The molecule has 0 amide bonds. The summed E-state index contributed by atoms with van der Waals surface area (Å²) in [7, 11) is 0. The van der Waals surface area contributed by atoms with Crippen LogP contribution in [-0.2, 0) is 0 Å². The van der Waals surface area contributed by atoms with Gasteiger partial charge in [-0.15, -0.1) is 0 Å². The van der Waals surface area contributed by atoms with Crippen molar-refractivity contribution in [1.29, 1.82) is 0 Å². The first-order valence-corrected chi connectivity index (χ1v) is 15.2. The second-order valence-electron chi connectivity index (χ2n) is 7.19. The Morgan fingerprint density at radius 1 is 0.818 bits per heavy atom. The number of nitrogens with zero attached hydrogens (tertiary/aromatic N) is 1. The third kappa shape index (κ3) is 2.82. The Kier molecular flexibility index (Phi) is 3.86. The van der Waals surface area contributed by atoms with Gasteiger partial charge in [0.1, 0.15) is 0 Å². The van der Waals surface area contributed by atoms with E-state index < -0.39 is 13.3 Å². The number of fused-ring (bicyclic) bond motifs is 1. The van der Waals surface area contributed by atoms with Crippen LogP contribution in [0.2, 0.25) is 17.3 Å². The second kappa shape index (κ2) is 5.55. The number of aromatic nitrogens is 1. The Labute approximate surface area is 135 Å². The first-order chi connectivity index (χ1) is 10.4. The van der Waals surface area contributed by atoms with E-state index in [1.807, 2.05) is 6.20 Å². The number of benzene rings is 2. The summed E-state index contributed by atoms with van der Waals surface area (Å²) in [5.74, 6) is 7.35. The van der Waals surface area contributed by atoms with Gasteiger partial charge in [0, 0.05) is 0 Å². The zero-order valence-corrected chi connectivity index (χ0v) is 16.2. The Morgan fingerprint density at radius 3 is 2.14 bits per heavy atom. The predicted molar refractivity (Wildman–Crippen MR) is 99.6 cm³/mol. The Bertz CT molecular complexity index is 824. The summed E-state index contributed by atoms with van der Waals surface area (Å²) in [6.07, 6.45) is 1.97. The fourth-order valence-electron chi connectivity index (χ4n) is 3.20. The predicted octanol–water partition coefficient (Wildman–Crippen LogP) is 5.06. The molecular formula is C20H23GeN. The number of hydrogen-bond acceptors (Lipinski definition) is 1. The number of pyridine rings is 1. The van der Waals surface area contributed by atoms with Crippen molar-refractivity contribution >= 4 is 28.4 Å². The molecule has 0 aliphatic heterocycles. The quantitative estimate of drug-likeness (QED) is 0.589. The van der Waals surface area contributed by atoms with E-state index >= 15 is 0 Å². The third-order valence-corrected chi connectivity index (χ3v) is 8.41. The van der Waals surface area contributed by atoms with Crippen molar-refractivity contribution in [3.8, 4) is 11.3 Å². The van der Waals surface area contributed by atoms with Gasteiger partial charge in [0.2, 0.25) is 0 Å². The van der Waals surface area contributed by atoms with Crippen LogP contribution in [0.1, 0.15) is 11.1 Å². The Hall–Kier alpha value is -1.61. The van der Waals surface area contributed by atoms with E-state index in [9.17, 15) is 0 Å². The van der Waals surface area contributed by atoms with Gasteiger partial charge in [-0.1, -0.05) is 0 Å². The monoisotopic (exact) mass is 351 g/mol. The molecule has 0 N–H and O–H groups in total. The van der Waals surface area contributed by atoms with Gasteiger partial charge in [-0.05, 0) is 0 Å². The second-order valence-corrected chi connectivity index (χ2v) is 17.8. The van der Waals surface area contributed by atoms with Gasteiger partial charge in [-0.3, -0.25) is 0 Å². The molecule has 112 valence electrons. The first-order valence-electron chi connectivity index (χ1n) is 7.83. The summed E-state index contributed by atoms with van der Waals surface area (Å²) in [4.78, 5) is 4.70. The first kappa shape index (κ1) is 15.3. The molecule has 0 aliphatic rings. The molecule has 22 heavy (non-hydrogen) atoms. The number of rotatable bonds is 2. The van der Waals surface area contributed by atoms with Gasteiger partial charge in [0.05, 0.1) is 0 Å². The standard InChI is InChI=1S/C20H23GeN/c1-14-11-15(2)13-16(12-14)20-18-7-6-8-19(21(3,4)5)17(18)9-10-22-20/h6-13H,1-5H3. The van der Waals surface area contributed by atoms with Crippen LogP contribution in [0.3, 0.4) is 0 Å². The van der Waals surface area contributed by atoms with Crippen LogP contribution in [0.4, 0.5) is 0 Å². The molecule has 0 radical (unpaired) electrons. The van der Waals surface area contributed by atoms with Crippen LogP contribution >= 0.6 is 0 Å². The Balaban J connectivity index is 2.32. The van der Waals surface area contributed by atoms with Crippen molar-refractivity contribution in [1.82, 2.24) is 4.98 Å². The van der Waals surface area contributed by atoms with Crippen LogP contribution < -0.4 is 4.40 Å². The number of aryl methyl sites for hydroxylation is 2. The average molecular weight is 350 g/mol. The zero-order valence-electron chi connectivity index (χ0n) is 14.1. The molecule has 0 saturated carbocycles. The summed E-state index contributed by atoms with van der Waals surface area (Å²) in [6.45, 7) is 4.30. The van der Waals surface area contributed by atoms with E-state index in [1.165, 1.54) is 27.5 Å². The summed E-state index contributed by atoms with van der Waals surface area (Å²) in [5, 5.41) is 2.67. The van der Waals surface area contributed by atoms with Crippen molar-refractivity contribution in [2.24, 2.45) is 0 Å². The molecule has 0 saturated heterocycles. The van der Waals surface area contributed by atoms with Crippen LogP contribution in [0.25, 0.3) is 22.0 Å². The maximum atomic E-state index is 4.70. The molecule has 0 bridgehead atoms. The van der Waals surface area contributed by atoms with Gasteiger partial charge >= 0.3 is 136 Å². The van der Waals surface area contributed by atoms with E-state index in [4.69, 9.17) is 4.98 Å². The SMILES string of the molecule is Cc1cc(C)cc(-c2nccc3[c]([Ge]([CH3])([CH3])[CH3])cccc23)c1. The molecule has 2 heteroatoms. The van der Waals surface area contributed by atoms with Crippen molar-refractivity contribution < 1.29 is 0 Å². The normalized spacial score (nSPS) is 11.9. The van der Waals surface area contributed by atoms with Crippen molar-refractivity contribution in [2.75, 3.05) is 0 Å². The maximum absolute atomic E-state index is 4.70.